The van der Waals surface area contributed by atoms with Crippen molar-refractivity contribution in [1.29, 1.82) is 0 Å². The molecular weight excluding hydrogens is 288 g/mol. The maximum atomic E-state index is 12.2. The highest BCUT2D eigenvalue weighted by molar-refractivity contribution is 5.77. The largest absolute Gasteiger partial charge is 0.494 e. The first kappa shape index (κ1) is 16.3. The Morgan fingerprint density at radius 3 is 2.61 bits per heavy atom. The highest BCUT2D eigenvalue weighted by Crippen LogP contribution is 2.41. The Morgan fingerprint density at radius 1 is 1.26 bits per heavy atom. The third-order valence-corrected chi connectivity index (χ3v) is 5.07. The molecule has 3 rings (SSSR count). The van der Waals surface area contributed by atoms with E-state index in [9.17, 15) is 4.79 Å². The van der Waals surface area contributed by atoms with Gasteiger partial charge in [0.05, 0.1) is 6.61 Å². The number of likely N-dealkylation sites (tertiary alicyclic amines) is 1. The number of nitrogens with zero attached hydrogens (tertiary/aromatic N) is 1. The van der Waals surface area contributed by atoms with Gasteiger partial charge in [-0.05, 0) is 69.9 Å². The Labute approximate surface area is 139 Å². The molecule has 0 spiro atoms. The molecule has 0 bridgehead atoms. The van der Waals surface area contributed by atoms with Gasteiger partial charge in [0.1, 0.15) is 5.75 Å². The molecule has 1 aliphatic heterocycles. The zero-order valence-electron chi connectivity index (χ0n) is 14.3. The van der Waals surface area contributed by atoms with E-state index in [1.807, 2.05) is 19.1 Å². The van der Waals surface area contributed by atoms with Crippen LogP contribution in [0.1, 0.15) is 44.1 Å². The molecule has 4 heteroatoms. The van der Waals surface area contributed by atoms with Crippen molar-refractivity contribution in [2.75, 3.05) is 26.7 Å². The van der Waals surface area contributed by atoms with Crippen molar-refractivity contribution < 1.29 is 9.53 Å². The SMILES string of the molecule is CCOc1ccc([C@@H]2C[C@H]2NC(=O)CC2CCN(C)CC2)cc1. The van der Waals surface area contributed by atoms with Crippen molar-refractivity contribution in [3.05, 3.63) is 29.8 Å². The molecule has 1 saturated heterocycles. The first-order chi connectivity index (χ1) is 11.2. The first-order valence-electron chi connectivity index (χ1n) is 8.86. The number of ether oxygens (including phenoxy) is 1. The number of amides is 1. The second-order valence-corrected chi connectivity index (χ2v) is 6.97. The van der Waals surface area contributed by atoms with E-state index in [1.165, 1.54) is 5.56 Å². The summed E-state index contributed by atoms with van der Waals surface area (Å²) in [7, 11) is 2.15. The quantitative estimate of drug-likeness (QED) is 0.877. The fourth-order valence-electron chi connectivity index (χ4n) is 3.49. The maximum Gasteiger partial charge on any atom is 0.220 e. The Bertz CT molecular complexity index is 521. The van der Waals surface area contributed by atoms with E-state index >= 15 is 0 Å². The molecule has 1 N–H and O–H groups in total. The van der Waals surface area contributed by atoms with Crippen LogP contribution >= 0.6 is 0 Å². The molecule has 0 radical (unpaired) electrons. The molecular formula is C19H28N2O2. The van der Waals surface area contributed by atoms with Gasteiger partial charge in [-0.3, -0.25) is 4.79 Å². The zero-order valence-corrected chi connectivity index (χ0v) is 14.3. The number of piperidine rings is 1. The second-order valence-electron chi connectivity index (χ2n) is 6.97. The van der Waals surface area contributed by atoms with Crippen LogP contribution in [-0.4, -0.2) is 43.6 Å². The van der Waals surface area contributed by atoms with Crippen molar-refractivity contribution >= 4 is 5.91 Å². The van der Waals surface area contributed by atoms with Crippen LogP contribution in [0.2, 0.25) is 0 Å². The number of hydrogen-bond donors (Lipinski definition) is 1. The van der Waals surface area contributed by atoms with Crippen LogP contribution in [0.4, 0.5) is 0 Å². The summed E-state index contributed by atoms with van der Waals surface area (Å²) in [6.45, 7) is 4.93. The van der Waals surface area contributed by atoms with E-state index in [1.54, 1.807) is 0 Å². The lowest BCUT2D eigenvalue weighted by Crippen LogP contribution is -2.34. The monoisotopic (exact) mass is 316 g/mol. The van der Waals surface area contributed by atoms with Gasteiger partial charge in [0.15, 0.2) is 0 Å². The van der Waals surface area contributed by atoms with Crippen LogP contribution < -0.4 is 10.1 Å². The molecule has 126 valence electrons. The minimum absolute atomic E-state index is 0.234. The predicted octanol–water partition coefficient (Wildman–Crippen LogP) is 2.79. The number of nitrogens with one attached hydrogen (secondary N) is 1. The average molecular weight is 316 g/mol. The number of rotatable bonds is 6. The van der Waals surface area contributed by atoms with Gasteiger partial charge in [0.2, 0.25) is 5.91 Å². The van der Waals surface area contributed by atoms with E-state index in [0.717, 1.165) is 38.1 Å². The summed E-state index contributed by atoms with van der Waals surface area (Å²) in [6.07, 6.45) is 4.06. The van der Waals surface area contributed by atoms with E-state index in [2.05, 4.69) is 29.4 Å². The normalized spacial score (nSPS) is 25.1. The molecule has 2 atom stereocenters. The lowest BCUT2D eigenvalue weighted by molar-refractivity contribution is -0.122. The van der Waals surface area contributed by atoms with Crippen molar-refractivity contribution in [2.24, 2.45) is 5.92 Å². The van der Waals surface area contributed by atoms with E-state index in [0.29, 0.717) is 30.9 Å². The van der Waals surface area contributed by atoms with Crippen molar-refractivity contribution in [3.63, 3.8) is 0 Å². The molecule has 23 heavy (non-hydrogen) atoms. The molecule has 0 aromatic heterocycles. The lowest BCUT2D eigenvalue weighted by atomic mass is 9.93. The Morgan fingerprint density at radius 2 is 1.96 bits per heavy atom. The van der Waals surface area contributed by atoms with Gasteiger partial charge < -0.3 is 15.0 Å². The Hall–Kier alpha value is -1.55. The smallest absolute Gasteiger partial charge is 0.220 e. The summed E-state index contributed by atoms with van der Waals surface area (Å²) in [6, 6.07) is 8.62. The summed E-state index contributed by atoms with van der Waals surface area (Å²) in [5.74, 6) is 2.19. The molecule has 1 amide bonds. The molecule has 4 nitrogen and oxygen atoms in total. The molecule has 1 aliphatic carbocycles. The van der Waals surface area contributed by atoms with E-state index in [4.69, 9.17) is 4.74 Å². The number of carbonyl (C=O) groups excluding carboxylic acids is 1. The van der Waals surface area contributed by atoms with Crippen LogP contribution in [0, 0.1) is 5.92 Å². The molecule has 0 unspecified atom stereocenters. The standard InChI is InChI=1S/C19H28N2O2/c1-3-23-16-6-4-15(5-7-16)17-13-18(17)20-19(22)12-14-8-10-21(2)11-9-14/h4-7,14,17-18H,3,8-13H2,1-2H3,(H,20,22)/t17-,18+/m0/s1. The third kappa shape index (κ3) is 4.47. The van der Waals surface area contributed by atoms with Gasteiger partial charge in [-0.1, -0.05) is 12.1 Å². The summed E-state index contributed by atoms with van der Waals surface area (Å²) in [5, 5.41) is 3.22. The van der Waals surface area contributed by atoms with E-state index in [-0.39, 0.29) is 5.91 Å². The van der Waals surface area contributed by atoms with E-state index < -0.39 is 0 Å². The van der Waals surface area contributed by atoms with Crippen molar-refractivity contribution in [2.45, 2.75) is 44.6 Å². The highest BCUT2D eigenvalue weighted by Gasteiger charge is 2.39. The Balaban J connectivity index is 1.42. The van der Waals surface area contributed by atoms with Crippen LogP contribution in [-0.2, 0) is 4.79 Å². The highest BCUT2D eigenvalue weighted by atomic mass is 16.5. The van der Waals surface area contributed by atoms with Crippen molar-refractivity contribution in [1.82, 2.24) is 10.2 Å². The minimum atomic E-state index is 0.234. The van der Waals surface area contributed by atoms with Gasteiger partial charge in [0.25, 0.3) is 0 Å². The average Bonchev–Trinajstić information content (AvgIpc) is 3.30. The van der Waals surface area contributed by atoms with Gasteiger partial charge in [0, 0.05) is 18.4 Å². The van der Waals surface area contributed by atoms with Crippen LogP contribution in [0.5, 0.6) is 5.75 Å². The molecule has 1 saturated carbocycles. The minimum Gasteiger partial charge on any atom is -0.494 e. The van der Waals surface area contributed by atoms with Crippen molar-refractivity contribution in [3.8, 4) is 5.75 Å². The molecule has 1 aromatic carbocycles. The summed E-state index contributed by atoms with van der Waals surface area (Å²) >= 11 is 0. The molecule has 1 heterocycles. The second kappa shape index (κ2) is 7.35. The molecule has 1 aromatic rings. The summed E-state index contributed by atoms with van der Waals surface area (Å²) < 4.78 is 5.47. The van der Waals surface area contributed by atoms with Gasteiger partial charge >= 0.3 is 0 Å². The van der Waals surface area contributed by atoms with Crippen LogP contribution in [0.25, 0.3) is 0 Å². The number of hydrogen-bond acceptors (Lipinski definition) is 3. The lowest BCUT2D eigenvalue weighted by Gasteiger charge is -2.28. The predicted molar refractivity (Wildman–Crippen MR) is 91.7 cm³/mol. The van der Waals surface area contributed by atoms with Crippen LogP contribution in [0.15, 0.2) is 24.3 Å². The first-order valence-corrected chi connectivity index (χ1v) is 8.86. The van der Waals surface area contributed by atoms with Gasteiger partial charge in [-0.25, -0.2) is 0 Å². The fraction of sp³-hybridized carbons (Fsp3) is 0.632. The molecule has 2 fully saturated rings. The summed E-state index contributed by atoms with van der Waals surface area (Å²) in [4.78, 5) is 14.6. The Kier molecular flexibility index (Phi) is 5.21. The summed E-state index contributed by atoms with van der Waals surface area (Å²) in [5.41, 5.74) is 1.30. The third-order valence-electron chi connectivity index (χ3n) is 5.07. The van der Waals surface area contributed by atoms with Gasteiger partial charge in [-0.15, -0.1) is 0 Å². The number of benzene rings is 1. The molecule has 2 aliphatic rings. The fourth-order valence-corrected chi connectivity index (χ4v) is 3.49. The zero-order chi connectivity index (χ0) is 16.2. The van der Waals surface area contributed by atoms with Crippen LogP contribution in [0.3, 0.4) is 0 Å². The topological polar surface area (TPSA) is 41.6 Å². The maximum absolute atomic E-state index is 12.2. The number of carbonyl (C=O) groups is 1. The van der Waals surface area contributed by atoms with Gasteiger partial charge in [-0.2, -0.15) is 0 Å².